The number of hydrogen-bond acceptors (Lipinski definition) is 2. The van der Waals surface area contributed by atoms with Gasteiger partial charge in [0.1, 0.15) is 0 Å². The van der Waals surface area contributed by atoms with E-state index in [1.54, 1.807) is 12.3 Å². The number of anilines is 1. The number of rotatable bonds is 3. The summed E-state index contributed by atoms with van der Waals surface area (Å²) >= 11 is 0. The van der Waals surface area contributed by atoms with E-state index in [0.717, 1.165) is 6.54 Å². The first-order valence-electron chi connectivity index (χ1n) is 6.04. The van der Waals surface area contributed by atoms with Gasteiger partial charge in [-0.1, -0.05) is 26.2 Å². The molecule has 1 heterocycles. The van der Waals surface area contributed by atoms with Gasteiger partial charge in [-0.25, -0.2) is 9.37 Å². The van der Waals surface area contributed by atoms with Gasteiger partial charge in [0.25, 0.3) is 0 Å². The summed E-state index contributed by atoms with van der Waals surface area (Å²) in [5.41, 5.74) is 0.308. The molecule has 3 heteroatoms. The Hall–Kier alpha value is -1.12. The number of halogens is 1. The molecule has 0 bridgehead atoms. The first-order valence-corrected chi connectivity index (χ1v) is 6.04. The first kappa shape index (κ1) is 11.4. The molecule has 0 atom stereocenters. The number of nitrogens with one attached hydrogen (secondary N) is 1. The third-order valence-corrected chi connectivity index (χ3v) is 3.50. The predicted molar refractivity (Wildman–Crippen MR) is 63.9 cm³/mol. The van der Waals surface area contributed by atoms with Crippen molar-refractivity contribution in [2.75, 3.05) is 11.9 Å². The standard InChI is InChI=1S/C13H19FN2/c1-13(7-3-2-4-8-13)10-16-12-11(14)6-5-9-15-12/h5-6,9H,2-4,7-8,10H2,1H3,(H,15,16). The molecule has 1 aromatic rings. The lowest BCUT2D eigenvalue weighted by Crippen LogP contribution is -2.29. The first-order chi connectivity index (χ1) is 7.70. The molecule has 0 saturated heterocycles. The Morgan fingerprint density at radius 3 is 2.81 bits per heavy atom. The SMILES string of the molecule is CC1(CNc2ncccc2F)CCCCC1. The number of nitrogens with zero attached hydrogens (tertiary/aromatic N) is 1. The summed E-state index contributed by atoms with van der Waals surface area (Å²) in [4.78, 5) is 4.01. The quantitative estimate of drug-likeness (QED) is 0.845. The van der Waals surface area contributed by atoms with Gasteiger partial charge < -0.3 is 5.32 Å². The summed E-state index contributed by atoms with van der Waals surface area (Å²) < 4.78 is 13.3. The predicted octanol–water partition coefficient (Wildman–Crippen LogP) is 3.60. The summed E-state index contributed by atoms with van der Waals surface area (Å²) in [5.74, 6) is 0.121. The molecule has 16 heavy (non-hydrogen) atoms. The lowest BCUT2D eigenvalue weighted by molar-refractivity contribution is 0.233. The van der Waals surface area contributed by atoms with Crippen molar-refractivity contribution in [1.82, 2.24) is 4.98 Å². The molecule has 0 aliphatic heterocycles. The Morgan fingerprint density at radius 2 is 2.12 bits per heavy atom. The number of pyridine rings is 1. The van der Waals surface area contributed by atoms with Crippen molar-refractivity contribution in [3.05, 3.63) is 24.1 Å². The Balaban J connectivity index is 1.94. The lowest BCUT2D eigenvalue weighted by Gasteiger charge is -2.33. The van der Waals surface area contributed by atoms with Gasteiger partial charge in [0, 0.05) is 12.7 Å². The van der Waals surface area contributed by atoms with E-state index in [2.05, 4.69) is 17.2 Å². The van der Waals surface area contributed by atoms with Crippen molar-refractivity contribution in [2.45, 2.75) is 39.0 Å². The van der Waals surface area contributed by atoms with E-state index >= 15 is 0 Å². The van der Waals surface area contributed by atoms with Crippen LogP contribution < -0.4 is 5.32 Å². The zero-order chi connectivity index (χ0) is 11.4. The largest absolute Gasteiger partial charge is 0.367 e. The summed E-state index contributed by atoms with van der Waals surface area (Å²) in [7, 11) is 0. The van der Waals surface area contributed by atoms with Crippen LogP contribution in [0.15, 0.2) is 18.3 Å². The van der Waals surface area contributed by atoms with Crippen LogP contribution in [0.5, 0.6) is 0 Å². The maximum atomic E-state index is 13.3. The Bertz CT molecular complexity index is 346. The van der Waals surface area contributed by atoms with Crippen LogP contribution in [-0.4, -0.2) is 11.5 Å². The van der Waals surface area contributed by atoms with E-state index in [9.17, 15) is 4.39 Å². The van der Waals surface area contributed by atoms with Crippen molar-refractivity contribution in [3.63, 3.8) is 0 Å². The number of hydrogen-bond donors (Lipinski definition) is 1. The van der Waals surface area contributed by atoms with Crippen molar-refractivity contribution in [1.29, 1.82) is 0 Å². The minimum Gasteiger partial charge on any atom is -0.367 e. The zero-order valence-electron chi connectivity index (χ0n) is 9.80. The Labute approximate surface area is 96.3 Å². The fraction of sp³-hybridized carbons (Fsp3) is 0.615. The van der Waals surface area contributed by atoms with Crippen molar-refractivity contribution < 1.29 is 4.39 Å². The highest BCUT2D eigenvalue weighted by atomic mass is 19.1. The molecule has 2 nitrogen and oxygen atoms in total. The van der Waals surface area contributed by atoms with Crippen LogP contribution in [0.4, 0.5) is 10.2 Å². The maximum Gasteiger partial charge on any atom is 0.165 e. The molecule has 0 aromatic carbocycles. The number of aromatic nitrogens is 1. The normalized spacial score (nSPS) is 19.4. The second-order valence-corrected chi connectivity index (χ2v) is 5.06. The molecule has 0 amide bonds. The zero-order valence-corrected chi connectivity index (χ0v) is 9.80. The van der Waals surface area contributed by atoms with Gasteiger partial charge in [-0.3, -0.25) is 0 Å². The monoisotopic (exact) mass is 222 g/mol. The van der Waals surface area contributed by atoms with E-state index in [0.29, 0.717) is 11.2 Å². The Morgan fingerprint density at radius 1 is 1.38 bits per heavy atom. The van der Waals surface area contributed by atoms with Crippen molar-refractivity contribution >= 4 is 5.82 Å². The summed E-state index contributed by atoms with van der Waals surface area (Å²) in [6, 6.07) is 3.06. The van der Waals surface area contributed by atoms with Crippen LogP contribution in [0.25, 0.3) is 0 Å². The third-order valence-electron chi connectivity index (χ3n) is 3.50. The molecular formula is C13H19FN2. The third kappa shape index (κ3) is 2.71. The average Bonchev–Trinajstić information content (AvgIpc) is 2.29. The second-order valence-electron chi connectivity index (χ2n) is 5.06. The van der Waals surface area contributed by atoms with E-state index < -0.39 is 0 Å². The average molecular weight is 222 g/mol. The highest BCUT2D eigenvalue weighted by molar-refractivity contribution is 5.35. The second kappa shape index (κ2) is 4.81. The molecule has 88 valence electrons. The molecule has 1 aliphatic carbocycles. The molecule has 1 saturated carbocycles. The van der Waals surface area contributed by atoms with Crippen LogP contribution in [0.2, 0.25) is 0 Å². The lowest BCUT2D eigenvalue weighted by atomic mass is 9.76. The van der Waals surface area contributed by atoms with Crippen LogP contribution in [0.1, 0.15) is 39.0 Å². The summed E-state index contributed by atoms with van der Waals surface area (Å²) in [6.07, 6.45) is 8.01. The van der Waals surface area contributed by atoms with Gasteiger partial charge in [-0.2, -0.15) is 0 Å². The summed E-state index contributed by atoms with van der Waals surface area (Å²) in [6.45, 7) is 3.10. The highest BCUT2D eigenvalue weighted by Crippen LogP contribution is 2.35. The van der Waals surface area contributed by atoms with E-state index in [1.165, 1.54) is 38.2 Å². The van der Waals surface area contributed by atoms with Crippen molar-refractivity contribution in [3.8, 4) is 0 Å². The van der Waals surface area contributed by atoms with E-state index in [-0.39, 0.29) is 5.82 Å². The van der Waals surface area contributed by atoms with Gasteiger partial charge in [-0.15, -0.1) is 0 Å². The minimum atomic E-state index is -0.262. The van der Waals surface area contributed by atoms with Gasteiger partial charge in [0.2, 0.25) is 0 Å². The van der Waals surface area contributed by atoms with Crippen LogP contribution in [0.3, 0.4) is 0 Å². The maximum absolute atomic E-state index is 13.3. The van der Waals surface area contributed by atoms with E-state index in [4.69, 9.17) is 0 Å². The topological polar surface area (TPSA) is 24.9 Å². The minimum absolute atomic E-state index is 0.262. The Kier molecular flexibility index (Phi) is 3.42. The molecular weight excluding hydrogens is 203 g/mol. The van der Waals surface area contributed by atoms with Gasteiger partial charge in [0.15, 0.2) is 11.6 Å². The van der Waals surface area contributed by atoms with Crippen LogP contribution in [-0.2, 0) is 0 Å². The van der Waals surface area contributed by atoms with Crippen LogP contribution in [0, 0.1) is 11.2 Å². The molecule has 0 spiro atoms. The molecule has 1 fully saturated rings. The molecule has 1 N–H and O–H groups in total. The van der Waals surface area contributed by atoms with E-state index in [1.807, 2.05) is 0 Å². The van der Waals surface area contributed by atoms with Crippen molar-refractivity contribution in [2.24, 2.45) is 5.41 Å². The molecule has 1 aromatic heterocycles. The summed E-state index contributed by atoms with van der Waals surface area (Å²) in [5, 5.41) is 3.14. The fourth-order valence-electron chi connectivity index (χ4n) is 2.39. The van der Waals surface area contributed by atoms with Crippen LogP contribution >= 0.6 is 0 Å². The van der Waals surface area contributed by atoms with Gasteiger partial charge >= 0.3 is 0 Å². The molecule has 2 rings (SSSR count). The fourth-order valence-corrected chi connectivity index (χ4v) is 2.39. The van der Waals surface area contributed by atoms with Gasteiger partial charge in [-0.05, 0) is 30.4 Å². The smallest absolute Gasteiger partial charge is 0.165 e. The molecule has 0 unspecified atom stereocenters. The van der Waals surface area contributed by atoms with Gasteiger partial charge in [0.05, 0.1) is 0 Å². The molecule has 0 radical (unpaired) electrons. The highest BCUT2D eigenvalue weighted by Gasteiger charge is 2.26. The molecule has 1 aliphatic rings.